The summed E-state index contributed by atoms with van der Waals surface area (Å²) in [5.74, 6) is 0.0291. The highest BCUT2D eigenvalue weighted by Crippen LogP contribution is 2.34. The molecule has 0 spiro atoms. The fourth-order valence-corrected chi connectivity index (χ4v) is 4.01. The molecule has 3 amide bonds. The summed E-state index contributed by atoms with van der Waals surface area (Å²) in [6.45, 7) is 0.578. The van der Waals surface area contributed by atoms with E-state index in [0.29, 0.717) is 13.0 Å². The molecule has 1 saturated heterocycles. The Kier molecular flexibility index (Phi) is 2.98. The van der Waals surface area contributed by atoms with Crippen molar-refractivity contribution in [1.29, 1.82) is 0 Å². The maximum absolute atomic E-state index is 12.7. The molecule has 0 unspecified atom stereocenters. The van der Waals surface area contributed by atoms with Crippen LogP contribution in [0.2, 0.25) is 0 Å². The number of hydrogen-bond acceptors (Lipinski definition) is 2. The van der Waals surface area contributed by atoms with Crippen LogP contribution in [0.15, 0.2) is 24.3 Å². The number of rotatable bonds is 1. The molecule has 4 nitrogen and oxygen atoms in total. The summed E-state index contributed by atoms with van der Waals surface area (Å²) < 4.78 is 0. The van der Waals surface area contributed by atoms with Crippen molar-refractivity contribution in [3.63, 3.8) is 0 Å². The van der Waals surface area contributed by atoms with Crippen molar-refractivity contribution >= 4 is 11.9 Å². The zero-order chi connectivity index (χ0) is 14.4. The van der Waals surface area contributed by atoms with E-state index in [9.17, 15) is 9.59 Å². The first-order valence-electron chi connectivity index (χ1n) is 7.96. The number of amides is 3. The molecule has 1 aliphatic carbocycles. The molecule has 1 saturated carbocycles. The molecule has 21 heavy (non-hydrogen) atoms. The molecule has 0 radical (unpaired) electrons. The highest BCUT2D eigenvalue weighted by atomic mass is 16.2. The van der Waals surface area contributed by atoms with Gasteiger partial charge < -0.3 is 4.90 Å². The minimum atomic E-state index is -0.269. The molecule has 0 N–H and O–H groups in total. The summed E-state index contributed by atoms with van der Waals surface area (Å²) in [5, 5.41) is 0. The SMILES string of the molecule is O=C1[C@H]2Cc3ccccc3CN2C(=O)N1C1CCCCC1. The minimum absolute atomic E-state index is 0.0291. The van der Waals surface area contributed by atoms with Gasteiger partial charge >= 0.3 is 6.03 Å². The molecule has 2 heterocycles. The van der Waals surface area contributed by atoms with Crippen LogP contribution < -0.4 is 0 Å². The van der Waals surface area contributed by atoms with Crippen molar-refractivity contribution in [1.82, 2.24) is 9.80 Å². The molecule has 4 heteroatoms. The van der Waals surface area contributed by atoms with Crippen molar-refractivity contribution in [2.45, 2.75) is 57.2 Å². The fourth-order valence-electron chi connectivity index (χ4n) is 4.01. The molecule has 0 aromatic heterocycles. The van der Waals surface area contributed by atoms with Crippen molar-refractivity contribution in [2.24, 2.45) is 0 Å². The van der Waals surface area contributed by atoms with E-state index in [2.05, 4.69) is 12.1 Å². The highest BCUT2D eigenvalue weighted by Gasteiger charge is 2.49. The summed E-state index contributed by atoms with van der Waals surface area (Å²) in [6, 6.07) is 7.95. The zero-order valence-electron chi connectivity index (χ0n) is 12.1. The lowest BCUT2D eigenvalue weighted by Crippen LogP contribution is -2.42. The maximum Gasteiger partial charge on any atom is 0.328 e. The highest BCUT2D eigenvalue weighted by molar-refractivity contribution is 6.05. The van der Waals surface area contributed by atoms with Crippen LogP contribution in [0.3, 0.4) is 0 Å². The van der Waals surface area contributed by atoms with E-state index in [1.165, 1.54) is 17.5 Å². The first kappa shape index (κ1) is 12.9. The molecule has 0 bridgehead atoms. The summed E-state index contributed by atoms with van der Waals surface area (Å²) in [6.07, 6.45) is 6.12. The van der Waals surface area contributed by atoms with Crippen molar-refractivity contribution in [3.05, 3.63) is 35.4 Å². The van der Waals surface area contributed by atoms with Gasteiger partial charge in [-0.15, -0.1) is 0 Å². The normalized spacial score (nSPS) is 26.0. The Hall–Kier alpha value is -1.84. The second kappa shape index (κ2) is 4.86. The molecule has 1 aromatic carbocycles. The second-order valence-electron chi connectivity index (χ2n) is 6.40. The largest absolute Gasteiger partial charge is 0.328 e. The van der Waals surface area contributed by atoms with Crippen LogP contribution in [0.4, 0.5) is 4.79 Å². The summed E-state index contributed by atoms with van der Waals surface area (Å²) >= 11 is 0. The van der Waals surface area contributed by atoms with E-state index in [0.717, 1.165) is 25.7 Å². The molecule has 2 aliphatic heterocycles. The number of hydrogen-bond donors (Lipinski definition) is 0. The minimum Gasteiger partial charge on any atom is -0.308 e. The van der Waals surface area contributed by atoms with E-state index >= 15 is 0 Å². The van der Waals surface area contributed by atoms with Crippen LogP contribution in [0, 0.1) is 0 Å². The first-order valence-corrected chi connectivity index (χ1v) is 7.96. The van der Waals surface area contributed by atoms with Crippen LogP contribution in [0.1, 0.15) is 43.2 Å². The third-order valence-corrected chi connectivity index (χ3v) is 5.16. The monoisotopic (exact) mass is 284 g/mol. The topological polar surface area (TPSA) is 40.6 Å². The van der Waals surface area contributed by atoms with Gasteiger partial charge in [0.2, 0.25) is 0 Å². The van der Waals surface area contributed by atoms with E-state index in [1.807, 2.05) is 12.1 Å². The quantitative estimate of drug-likeness (QED) is 0.744. The molecule has 2 fully saturated rings. The lowest BCUT2D eigenvalue weighted by molar-refractivity contribution is -0.130. The van der Waals surface area contributed by atoms with E-state index in [-0.39, 0.29) is 24.0 Å². The van der Waals surface area contributed by atoms with Gasteiger partial charge in [0.05, 0.1) is 0 Å². The number of carbonyl (C=O) groups excluding carboxylic acids is 2. The standard InChI is InChI=1S/C17H20N2O2/c20-16-15-10-12-6-4-5-7-13(12)11-18(15)17(21)19(16)14-8-2-1-3-9-14/h4-7,14-15H,1-3,8-11H2/t15-/m1/s1. The molecule has 4 rings (SSSR count). The number of nitrogens with zero attached hydrogens (tertiary/aromatic N) is 2. The van der Waals surface area contributed by atoms with Crippen LogP contribution in [-0.4, -0.2) is 33.8 Å². The molecule has 110 valence electrons. The van der Waals surface area contributed by atoms with Gasteiger partial charge in [0, 0.05) is 19.0 Å². The van der Waals surface area contributed by atoms with Gasteiger partial charge in [0.15, 0.2) is 0 Å². The van der Waals surface area contributed by atoms with Gasteiger partial charge in [-0.3, -0.25) is 9.69 Å². The van der Waals surface area contributed by atoms with E-state index in [1.54, 1.807) is 9.80 Å². The summed E-state index contributed by atoms with van der Waals surface area (Å²) in [7, 11) is 0. The van der Waals surface area contributed by atoms with Gasteiger partial charge in [-0.2, -0.15) is 0 Å². The fraction of sp³-hybridized carbons (Fsp3) is 0.529. The van der Waals surface area contributed by atoms with Crippen LogP contribution in [-0.2, 0) is 17.8 Å². The number of fused-ring (bicyclic) bond motifs is 2. The Balaban J connectivity index is 1.63. The lowest BCUT2D eigenvalue weighted by atomic mass is 9.93. The molecule has 1 aromatic rings. The number of urea groups is 1. The molecular weight excluding hydrogens is 264 g/mol. The van der Waals surface area contributed by atoms with E-state index in [4.69, 9.17) is 0 Å². The van der Waals surface area contributed by atoms with Gasteiger partial charge in [0.1, 0.15) is 6.04 Å². The average Bonchev–Trinajstić information content (AvgIpc) is 2.77. The van der Waals surface area contributed by atoms with Gasteiger partial charge in [0.25, 0.3) is 5.91 Å². The summed E-state index contributed by atoms with van der Waals surface area (Å²) in [5.41, 5.74) is 2.39. The average molecular weight is 284 g/mol. The van der Waals surface area contributed by atoms with Crippen molar-refractivity contribution in [3.8, 4) is 0 Å². The van der Waals surface area contributed by atoms with Crippen molar-refractivity contribution < 1.29 is 9.59 Å². The van der Waals surface area contributed by atoms with Crippen LogP contribution >= 0.6 is 0 Å². The van der Waals surface area contributed by atoms with Crippen molar-refractivity contribution in [2.75, 3.05) is 0 Å². The van der Waals surface area contributed by atoms with Gasteiger partial charge in [-0.05, 0) is 24.0 Å². The predicted octanol–water partition coefficient (Wildman–Crippen LogP) is 2.71. The third-order valence-electron chi connectivity index (χ3n) is 5.16. The zero-order valence-corrected chi connectivity index (χ0v) is 12.1. The Morgan fingerprint density at radius 3 is 2.43 bits per heavy atom. The lowest BCUT2D eigenvalue weighted by Gasteiger charge is -2.30. The maximum atomic E-state index is 12.7. The Labute approximate surface area is 124 Å². The molecule has 3 aliphatic rings. The second-order valence-corrected chi connectivity index (χ2v) is 6.40. The molecular formula is C17H20N2O2. The molecule has 1 atom stereocenters. The van der Waals surface area contributed by atoms with Crippen LogP contribution in [0.5, 0.6) is 0 Å². The van der Waals surface area contributed by atoms with Crippen LogP contribution in [0.25, 0.3) is 0 Å². The third kappa shape index (κ3) is 1.96. The summed E-state index contributed by atoms with van der Waals surface area (Å²) in [4.78, 5) is 28.8. The Morgan fingerprint density at radius 2 is 1.67 bits per heavy atom. The van der Waals surface area contributed by atoms with Gasteiger partial charge in [-0.1, -0.05) is 43.5 Å². The number of benzene rings is 1. The van der Waals surface area contributed by atoms with E-state index < -0.39 is 0 Å². The van der Waals surface area contributed by atoms with Gasteiger partial charge in [-0.25, -0.2) is 4.79 Å². The Morgan fingerprint density at radius 1 is 0.952 bits per heavy atom. The number of imide groups is 1. The smallest absolute Gasteiger partial charge is 0.308 e. The predicted molar refractivity (Wildman–Crippen MR) is 78.6 cm³/mol. The first-order chi connectivity index (χ1) is 10.3. The number of carbonyl (C=O) groups is 2. The Bertz CT molecular complexity index is 549.